The van der Waals surface area contributed by atoms with Gasteiger partial charge in [-0.05, 0) is 33.7 Å². The third-order valence-electron chi connectivity index (χ3n) is 4.13. The van der Waals surface area contributed by atoms with Gasteiger partial charge in [0.15, 0.2) is 0 Å². The zero-order valence-electron chi connectivity index (χ0n) is 12.9. The molecule has 20 heavy (non-hydrogen) atoms. The van der Waals surface area contributed by atoms with Crippen molar-refractivity contribution < 1.29 is 4.79 Å². The van der Waals surface area contributed by atoms with Crippen molar-refractivity contribution in [2.24, 2.45) is 0 Å². The van der Waals surface area contributed by atoms with Gasteiger partial charge in [0.1, 0.15) is 12.2 Å². The van der Waals surface area contributed by atoms with Crippen LogP contribution in [0.5, 0.6) is 0 Å². The summed E-state index contributed by atoms with van der Waals surface area (Å²) in [5.74, 6) is 1.20. The Kier molecular flexibility index (Phi) is 4.75. The Balaban J connectivity index is 1.91. The van der Waals surface area contributed by atoms with Crippen LogP contribution in [0.4, 0.5) is 0 Å². The van der Waals surface area contributed by atoms with E-state index in [1.807, 2.05) is 4.90 Å². The molecule has 112 valence electrons. The molecule has 2 heterocycles. The molecular formula is C14H25N5O. The molecule has 0 N–H and O–H groups in total. The smallest absolute Gasteiger partial charge is 0.219 e. The van der Waals surface area contributed by atoms with Gasteiger partial charge in [-0.25, -0.2) is 0 Å². The van der Waals surface area contributed by atoms with E-state index < -0.39 is 0 Å². The predicted octanol–water partition coefficient (Wildman–Crippen LogP) is 1.30. The molecule has 0 unspecified atom stereocenters. The largest absolute Gasteiger partial charge is 0.343 e. The first kappa shape index (κ1) is 15.0. The standard InChI is InChI=1S/C14H25N5O/c1-11(2)19-10-15-16-14(19)9-17(4)13-5-7-18(8-6-13)12(3)20/h10-11,13H,5-9H2,1-4H3. The lowest BCUT2D eigenvalue weighted by atomic mass is 10.0. The molecule has 1 amide bonds. The summed E-state index contributed by atoms with van der Waals surface area (Å²) in [6.45, 7) is 8.46. The van der Waals surface area contributed by atoms with Gasteiger partial charge in [-0.1, -0.05) is 0 Å². The zero-order valence-corrected chi connectivity index (χ0v) is 12.9. The topological polar surface area (TPSA) is 54.3 Å². The van der Waals surface area contributed by atoms with Gasteiger partial charge in [-0.3, -0.25) is 9.69 Å². The van der Waals surface area contributed by atoms with Crippen molar-refractivity contribution in [3.8, 4) is 0 Å². The van der Waals surface area contributed by atoms with Gasteiger partial charge in [0.05, 0.1) is 6.54 Å². The number of piperidine rings is 1. The maximum atomic E-state index is 11.3. The summed E-state index contributed by atoms with van der Waals surface area (Å²) in [5.41, 5.74) is 0. The van der Waals surface area contributed by atoms with Crippen molar-refractivity contribution in [1.82, 2.24) is 24.6 Å². The summed E-state index contributed by atoms with van der Waals surface area (Å²) in [7, 11) is 2.13. The highest BCUT2D eigenvalue weighted by atomic mass is 16.2. The molecule has 0 aromatic carbocycles. The van der Waals surface area contributed by atoms with E-state index in [1.54, 1.807) is 13.3 Å². The summed E-state index contributed by atoms with van der Waals surface area (Å²) >= 11 is 0. The Morgan fingerprint density at radius 3 is 2.65 bits per heavy atom. The highest BCUT2D eigenvalue weighted by Crippen LogP contribution is 2.18. The molecule has 1 aromatic heterocycles. The molecule has 1 aliphatic heterocycles. The van der Waals surface area contributed by atoms with Gasteiger partial charge >= 0.3 is 0 Å². The van der Waals surface area contributed by atoms with E-state index in [9.17, 15) is 4.79 Å². The minimum Gasteiger partial charge on any atom is -0.343 e. The number of aromatic nitrogens is 3. The van der Waals surface area contributed by atoms with Crippen molar-refractivity contribution in [1.29, 1.82) is 0 Å². The summed E-state index contributed by atoms with van der Waals surface area (Å²) in [4.78, 5) is 15.6. The van der Waals surface area contributed by atoms with Crippen LogP contribution in [0, 0.1) is 0 Å². The Morgan fingerprint density at radius 2 is 2.10 bits per heavy atom. The summed E-state index contributed by atoms with van der Waals surface area (Å²) in [5, 5.41) is 8.23. The molecule has 0 aliphatic carbocycles. The molecule has 0 bridgehead atoms. The number of hydrogen-bond acceptors (Lipinski definition) is 4. The molecule has 0 spiro atoms. The number of rotatable bonds is 4. The van der Waals surface area contributed by atoms with E-state index in [4.69, 9.17) is 0 Å². The van der Waals surface area contributed by atoms with Crippen molar-refractivity contribution in [2.75, 3.05) is 20.1 Å². The van der Waals surface area contributed by atoms with E-state index in [0.717, 1.165) is 38.3 Å². The van der Waals surface area contributed by atoms with Gasteiger partial charge in [0.2, 0.25) is 5.91 Å². The molecular weight excluding hydrogens is 254 g/mol. The highest BCUT2D eigenvalue weighted by Gasteiger charge is 2.24. The molecule has 6 nitrogen and oxygen atoms in total. The van der Waals surface area contributed by atoms with Gasteiger partial charge < -0.3 is 9.47 Å². The summed E-state index contributed by atoms with van der Waals surface area (Å²) in [6.07, 6.45) is 3.87. The lowest BCUT2D eigenvalue weighted by molar-refractivity contribution is -0.130. The van der Waals surface area contributed by atoms with Gasteiger partial charge in [-0.2, -0.15) is 0 Å². The van der Waals surface area contributed by atoms with E-state index in [0.29, 0.717) is 12.1 Å². The molecule has 1 fully saturated rings. The minimum absolute atomic E-state index is 0.186. The van der Waals surface area contributed by atoms with E-state index in [2.05, 4.69) is 40.6 Å². The van der Waals surface area contributed by atoms with Crippen LogP contribution in [-0.2, 0) is 11.3 Å². The van der Waals surface area contributed by atoms with Crippen LogP contribution < -0.4 is 0 Å². The molecule has 2 rings (SSSR count). The number of likely N-dealkylation sites (tertiary alicyclic amines) is 1. The van der Waals surface area contributed by atoms with Gasteiger partial charge in [0, 0.05) is 32.1 Å². The predicted molar refractivity (Wildman–Crippen MR) is 77.2 cm³/mol. The van der Waals surface area contributed by atoms with Crippen LogP contribution in [0.3, 0.4) is 0 Å². The van der Waals surface area contributed by atoms with Crippen molar-refractivity contribution in [3.05, 3.63) is 12.2 Å². The molecule has 1 aromatic rings. The first-order chi connectivity index (χ1) is 9.49. The number of amides is 1. The van der Waals surface area contributed by atoms with Crippen molar-refractivity contribution in [2.45, 2.75) is 52.2 Å². The van der Waals surface area contributed by atoms with Gasteiger partial charge in [-0.15, -0.1) is 10.2 Å². The highest BCUT2D eigenvalue weighted by molar-refractivity contribution is 5.73. The fraction of sp³-hybridized carbons (Fsp3) is 0.786. The number of hydrogen-bond donors (Lipinski definition) is 0. The Morgan fingerprint density at radius 1 is 1.45 bits per heavy atom. The third-order valence-corrected chi connectivity index (χ3v) is 4.13. The molecule has 1 saturated heterocycles. The van der Waals surface area contributed by atoms with Crippen molar-refractivity contribution >= 4 is 5.91 Å². The maximum Gasteiger partial charge on any atom is 0.219 e. The number of nitrogens with zero attached hydrogens (tertiary/aromatic N) is 5. The van der Waals surface area contributed by atoms with Crippen LogP contribution >= 0.6 is 0 Å². The first-order valence-corrected chi connectivity index (χ1v) is 7.33. The Bertz CT molecular complexity index is 448. The molecule has 0 radical (unpaired) electrons. The van der Waals surface area contributed by atoms with E-state index >= 15 is 0 Å². The third kappa shape index (κ3) is 3.36. The van der Waals surface area contributed by atoms with Crippen LogP contribution in [-0.4, -0.2) is 56.7 Å². The summed E-state index contributed by atoms with van der Waals surface area (Å²) < 4.78 is 2.11. The fourth-order valence-electron chi connectivity index (χ4n) is 2.78. The molecule has 0 atom stereocenters. The Labute approximate surface area is 120 Å². The van der Waals surface area contributed by atoms with Crippen LogP contribution in [0.15, 0.2) is 6.33 Å². The normalized spacial score (nSPS) is 17.2. The second-order valence-corrected chi connectivity index (χ2v) is 5.90. The molecule has 6 heteroatoms. The monoisotopic (exact) mass is 279 g/mol. The first-order valence-electron chi connectivity index (χ1n) is 7.33. The number of carbonyl (C=O) groups is 1. The lowest BCUT2D eigenvalue weighted by Gasteiger charge is -2.36. The second kappa shape index (κ2) is 6.35. The lowest BCUT2D eigenvalue weighted by Crippen LogP contribution is -2.44. The summed E-state index contributed by atoms with van der Waals surface area (Å²) in [6, 6.07) is 0.899. The van der Waals surface area contributed by atoms with E-state index in [1.165, 1.54) is 0 Å². The average Bonchev–Trinajstić information content (AvgIpc) is 2.87. The quantitative estimate of drug-likeness (QED) is 0.833. The SMILES string of the molecule is CC(=O)N1CCC(N(C)Cc2nncn2C(C)C)CC1. The molecule has 0 saturated carbocycles. The van der Waals surface area contributed by atoms with Crippen molar-refractivity contribution in [3.63, 3.8) is 0 Å². The maximum absolute atomic E-state index is 11.3. The van der Waals surface area contributed by atoms with E-state index in [-0.39, 0.29) is 5.91 Å². The van der Waals surface area contributed by atoms with Crippen LogP contribution in [0.1, 0.15) is 45.5 Å². The minimum atomic E-state index is 0.186. The fourth-order valence-corrected chi connectivity index (χ4v) is 2.78. The zero-order chi connectivity index (χ0) is 14.7. The average molecular weight is 279 g/mol. The second-order valence-electron chi connectivity index (χ2n) is 5.90. The van der Waals surface area contributed by atoms with Crippen LogP contribution in [0.2, 0.25) is 0 Å². The van der Waals surface area contributed by atoms with Gasteiger partial charge in [0.25, 0.3) is 0 Å². The number of carbonyl (C=O) groups excluding carboxylic acids is 1. The van der Waals surface area contributed by atoms with Crippen LogP contribution in [0.25, 0.3) is 0 Å². The Hall–Kier alpha value is -1.43. The molecule has 1 aliphatic rings.